The van der Waals surface area contributed by atoms with Crippen molar-refractivity contribution in [3.8, 4) is 0 Å². The van der Waals surface area contributed by atoms with Crippen LogP contribution in [0.15, 0.2) is 42.6 Å². The zero-order valence-corrected chi connectivity index (χ0v) is 14.5. The number of piperazine rings is 1. The maximum Gasteiger partial charge on any atom is 0.417 e. The van der Waals surface area contributed by atoms with E-state index in [-0.39, 0.29) is 5.91 Å². The van der Waals surface area contributed by atoms with Crippen molar-refractivity contribution in [1.82, 2.24) is 9.88 Å². The van der Waals surface area contributed by atoms with Crippen LogP contribution >= 0.6 is 0 Å². The number of nitrogens with zero attached hydrogens (tertiary/aromatic N) is 3. The summed E-state index contributed by atoms with van der Waals surface area (Å²) in [6.45, 7) is 4.16. The number of carbonyl (C=O) groups excluding carboxylic acids is 1. The van der Waals surface area contributed by atoms with Crippen LogP contribution in [0.25, 0.3) is 0 Å². The molecule has 0 unspecified atom stereocenters. The Morgan fingerprint density at radius 3 is 2.19 bits per heavy atom. The average molecular weight is 363 g/mol. The highest BCUT2D eigenvalue weighted by molar-refractivity contribution is 5.94. The third kappa shape index (κ3) is 3.98. The van der Waals surface area contributed by atoms with Crippen LogP contribution < -0.4 is 4.90 Å². The van der Waals surface area contributed by atoms with Crippen LogP contribution in [-0.4, -0.2) is 42.0 Å². The third-order valence-electron chi connectivity index (χ3n) is 4.58. The minimum absolute atomic E-state index is 0.0207. The van der Waals surface area contributed by atoms with Crippen molar-refractivity contribution in [2.45, 2.75) is 19.5 Å². The van der Waals surface area contributed by atoms with Crippen LogP contribution in [0.2, 0.25) is 0 Å². The van der Waals surface area contributed by atoms with Gasteiger partial charge in [-0.2, -0.15) is 13.2 Å². The van der Waals surface area contributed by atoms with Gasteiger partial charge < -0.3 is 9.80 Å². The molecule has 0 spiro atoms. The first-order valence-corrected chi connectivity index (χ1v) is 8.55. The van der Waals surface area contributed by atoms with Crippen LogP contribution in [-0.2, 0) is 12.6 Å². The predicted molar refractivity (Wildman–Crippen MR) is 93.2 cm³/mol. The van der Waals surface area contributed by atoms with E-state index in [1.807, 2.05) is 29.2 Å². The number of halogens is 3. The number of alkyl halides is 3. The van der Waals surface area contributed by atoms with Gasteiger partial charge in [-0.25, -0.2) is 4.98 Å². The number of aromatic nitrogens is 1. The molecule has 2 aromatic rings. The second kappa shape index (κ2) is 7.35. The van der Waals surface area contributed by atoms with E-state index >= 15 is 0 Å². The topological polar surface area (TPSA) is 36.4 Å². The summed E-state index contributed by atoms with van der Waals surface area (Å²) in [5, 5.41) is 0. The van der Waals surface area contributed by atoms with E-state index < -0.39 is 11.7 Å². The number of anilines is 1. The fraction of sp³-hybridized carbons (Fsp3) is 0.368. The summed E-state index contributed by atoms with van der Waals surface area (Å²) in [5.41, 5.74) is 1.08. The number of aryl methyl sites for hydroxylation is 1. The summed E-state index contributed by atoms with van der Waals surface area (Å²) in [6.07, 6.45) is -2.61. The summed E-state index contributed by atoms with van der Waals surface area (Å²) in [4.78, 5) is 20.1. The number of hydrogen-bond donors (Lipinski definition) is 0. The van der Waals surface area contributed by atoms with E-state index in [4.69, 9.17) is 0 Å². The lowest BCUT2D eigenvalue weighted by molar-refractivity contribution is -0.137. The molecule has 1 amide bonds. The minimum Gasteiger partial charge on any atom is -0.353 e. The number of pyridine rings is 1. The molecule has 7 heteroatoms. The molecule has 0 N–H and O–H groups in total. The van der Waals surface area contributed by atoms with E-state index in [0.717, 1.165) is 18.7 Å². The molecule has 1 fully saturated rings. The van der Waals surface area contributed by atoms with Crippen LogP contribution in [0, 0.1) is 0 Å². The predicted octanol–water partition coefficient (Wildman–Crippen LogP) is 3.63. The molecule has 1 saturated heterocycles. The van der Waals surface area contributed by atoms with Crippen molar-refractivity contribution in [3.63, 3.8) is 0 Å². The lowest BCUT2D eigenvalue weighted by Crippen LogP contribution is -2.49. The maximum absolute atomic E-state index is 12.6. The van der Waals surface area contributed by atoms with Crippen LogP contribution in [0.3, 0.4) is 0 Å². The highest BCUT2D eigenvalue weighted by Crippen LogP contribution is 2.29. The molecule has 1 aliphatic heterocycles. The van der Waals surface area contributed by atoms with Crippen LogP contribution in [0.5, 0.6) is 0 Å². The standard InChI is InChI=1S/C19H20F3N3O/c1-2-14-3-5-15(6-4-14)18(26)25-11-9-24(10-12-25)17-8-7-16(13-23-17)19(20,21)22/h3-8,13H,2,9-12H2,1H3. The van der Waals surface area contributed by atoms with Crippen molar-refractivity contribution in [1.29, 1.82) is 0 Å². The van der Waals surface area contributed by atoms with Crippen LogP contribution in [0.4, 0.5) is 19.0 Å². The SMILES string of the molecule is CCc1ccc(C(=O)N2CCN(c3ccc(C(F)(F)F)cn3)CC2)cc1. The van der Waals surface area contributed by atoms with Gasteiger partial charge in [0.25, 0.3) is 5.91 Å². The molecule has 4 nitrogen and oxygen atoms in total. The quantitative estimate of drug-likeness (QED) is 0.836. The molecular formula is C19H20F3N3O. The number of rotatable bonds is 3. The Balaban J connectivity index is 1.60. The van der Waals surface area contributed by atoms with Gasteiger partial charge in [-0.05, 0) is 36.2 Å². The van der Waals surface area contributed by atoms with Gasteiger partial charge in [-0.1, -0.05) is 19.1 Å². The summed E-state index contributed by atoms with van der Waals surface area (Å²) in [7, 11) is 0. The first-order valence-electron chi connectivity index (χ1n) is 8.55. The zero-order valence-electron chi connectivity index (χ0n) is 14.5. The number of benzene rings is 1. The molecule has 1 aromatic carbocycles. The van der Waals surface area contributed by atoms with Gasteiger partial charge in [0.2, 0.25) is 0 Å². The van der Waals surface area contributed by atoms with Crippen molar-refractivity contribution in [2.75, 3.05) is 31.1 Å². The van der Waals surface area contributed by atoms with Gasteiger partial charge in [0.15, 0.2) is 0 Å². The third-order valence-corrected chi connectivity index (χ3v) is 4.58. The molecule has 1 aliphatic rings. The van der Waals surface area contributed by atoms with Crippen molar-refractivity contribution < 1.29 is 18.0 Å². The number of amides is 1. The van der Waals surface area contributed by atoms with E-state index in [2.05, 4.69) is 11.9 Å². The van der Waals surface area contributed by atoms with E-state index in [1.165, 1.54) is 11.6 Å². The van der Waals surface area contributed by atoms with Crippen molar-refractivity contribution in [3.05, 3.63) is 59.3 Å². The number of carbonyl (C=O) groups is 1. The Morgan fingerprint density at radius 1 is 1.04 bits per heavy atom. The molecule has 0 aliphatic carbocycles. The monoisotopic (exact) mass is 363 g/mol. The summed E-state index contributed by atoms with van der Waals surface area (Å²) in [6, 6.07) is 10.0. The van der Waals surface area contributed by atoms with Gasteiger partial charge in [-0.3, -0.25) is 4.79 Å². The molecule has 0 radical (unpaired) electrons. The first-order chi connectivity index (χ1) is 12.4. The van der Waals surface area contributed by atoms with Gasteiger partial charge in [-0.15, -0.1) is 0 Å². The Morgan fingerprint density at radius 2 is 1.69 bits per heavy atom. The lowest BCUT2D eigenvalue weighted by atomic mass is 10.1. The molecule has 26 heavy (non-hydrogen) atoms. The second-order valence-corrected chi connectivity index (χ2v) is 6.23. The van der Waals surface area contributed by atoms with E-state index in [9.17, 15) is 18.0 Å². The Bertz CT molecular complexity index is 749. The molecule has 1 aromatic heterocycles. The fourth-order valence-corrected chi connectivity index (χ4v) is 2.95. The van der Waals surface area contributed by atoms with Gasteiger partial charge >= 0.3 is 6.18 Å². The molecular weight excluding hydrogens is 343 g/mol. The van der Waals surface area contributed by atoms with Gasteiger partial charge in [0, 0.05) is 37.9 Å². The zero-order chi connectivity index (χ0) is 18.7. The summed E-state index contributed by atoms with van der Waals surface area (Å²) < 4.78 is 37.8. The molecule has 138 valence electrons. The molecule has 2 heterocycles. The first kappa shape index (κ1) is 18.2. The van der Waals surface area contributed by atoms with E-state index in [0.29, 0.717) is 37.6 Å². The summed E-state index contributed by atoms with van der Waals surface area (Å²) >= 11 is 0. The molecule has 3 rings (SSSR count). The molecule has 0 saturated carbocycles. The highest BCUT2D eigenvalue weighted by Gasteiger charge is 2.31. The minimum atomic E-state index is -4.38. The Labute approximate surface area is 150 Å². The fourth-order valence-electron chi connectivity index (χ4n) is 2.95. The maximum atomic E-state index is 12.6. The Kier molecular flexibility index (Phi) is 5.15. The molecule has 0 bridgehead atoms. The van der Waals surface area contributed by atoms with E-state index in [1.54, 1.807) is 4.90 Å². The van der Waals surface area contributed by atoms with Crippen molar-refractivity contribution in [2.24, 2.45) is 0 Å². The normalized spacial score (nSPS) is 15.2. The van der Waals surface area contributed by atoms with Crippen molar-refractivity contribution >= 4 is 11.7 Å². The van der Waals surface area contributed by atoms with Gasteiger partial charge in [0.1, 0.15) is 5.82 Å². The summed E-state index contributed by atoms with van der Waals surface area (Å²) in [5.74, 6) is 0.477. The molecule has 0 atom stereocenters. The largest absolute Gasteiger partial charge is 0.417 e. The van der Waals surface area contributed by atoms with Gasteiger partial charge in [0.05, 0.1) is 5.56 Å². The number of hydrogen-bond acceptors (Lipinski definition) is 3. The second-order valence-electron chi connectivity index (χ2n) is 6.23. The van der Waals surface area contributed by atoms with Crippen LogP contribution in [0.1, 0.15) is 28.4 Å². The Hall–Kier alpha value is -2.57. The highest BCUT2D eigenvalue weighted by atomic mass is 19.4. The lowest BCUT2D eigenvalue weighted by Gasteiger charge is -2.35. The smallest absolute Gasteiger partial charge is 0.353 e. The average Bonchev–Trinajstić information content (AvgIpc) is 2.67.